The number of likely N-dealkylation sites (tertiary alicyclic amines) is 1. The molecule has 3 fully saturated rings. The van der Waals surface area contributed by atoms with Crippen molar-refractivity contribution < 1.29 is 51.0 Å². The lowest BCUT2D eigenvalue weighted by atomic mass is 10.1. The van der Waals surface area contributed by atoms with Gasteiger partial charge in [-0.25, -0.2) is 22.4 Å². The minimum absolute atomic E-state index is 0.0473. The van der Waals surface area contributed by atoms with Crippen molar-refractivity contribution in [2.75, 3.05) is 6.54 Å². The Labute approximate surface area is 308 Å². The van der Waals surface area contributed by atoms with E-state index in [0.717, 1.165) is 4.90 Å². The molecular formula is C36H48FN5O10S. The van der Waals surface area contributed by atoms with Crippen LogP contribution in [0.3, 0.4) is 0 Å². The molecule has 2 aliphatic heterocycles. The zero-order chi connectivity index (χ0) is 39.0. The molecule has 3 N–H and O–H groups in total. The lowest BCUT2D eigenvalue weighted by molar-refractivity contribution is -0.141. The molecule has 17 heteroatoms. The third-order valence-corrected chi connectivity index (χ3v) is 11.5. The van der Waals surface area contributed by atoms with Gasteiger partial charge < -0.3 is 25.0 Å². The summed E-state index contributed by atoms with van der Waals surface area (Å²) in [4.78, 5) is 83.4. The lowest BCUT2D eigenvalue weighted by Gasteiger charge is -2.30. The van der Waals surface area contributed by atoms with Crippen LogP contribution in [0.25, 0.3) is 0 Å². The second-order valence-electron chi connectivity index (χ2n) is 15.5. The van der Waals surface area contributed by atoms with E-state index in [2.05, 4.69) is 15.4 Å². The predicted octanol–water partition coefficient (Wildman–Crippen LogP) is 2.96. The Balaban J connectivity index is 1.40. The predicted molar refractivity (Wildman–Crippen MR) is 188 cm³/mol. The van der Waals surface area contributed by atoms with Gasteiger partial charge in [0.15, 0.2) is 5.78 Å². The van der Waals surface area contributed by atoms with Crippen molar-refractivity contribution in [3.63, 3.8) is 0 Å². The van der Waals surface area contributed by atoms with Crippen LogP contribution in [-0.2, 0) is 51.8 Å². The molecule has 290 valence electrons. The summed E-state index contributed by atoms with van der Waals surface area (Å²) in [6.45, 7) is 9.73. The smallest absolute Gasteiger partial charge is 0.410 e. The van der Waals surface area contributed by atoms with Crippen molar-refractivity contribution >= 4 is 45.7 Å². The van der Waals surface area contributed by atoms with Crippen LogP contribution in [0.4, 0.5) is 14.0 Å². The molecular weight excluding hydrogens is 713 g/mol. The van der Waals surface area contributed by atoms with Gasteiger partial charge >= 0.3 is 12.2 Å². The van der Waals surface area contributed by atoms with E-state index in [-0.39, 0.29) is 38.4 Å². The van der Waals surface area contributed by atoms with Gasteiger partial charge in [0.25, 0.3) is 5.91 Å². The number of carbonyl (C=O) groups is 6. The number of allylic oxidation sites excluding steroid dienone is 2. The largest absolute Gasteiger partial charge is 0.444 e. The molecule has 5 amide bonds. The number of ether oxygens (including phenoxy) is 2. The maximum atomic E-state index is 14.4. The van der Waals surface area contributed by atoms with Crippen molar-refractivity contribution in [2.45, 2.75) is 128 Å². The molecule has 2 heterocycles. The van der Waals surface area contributed by atoms with Crippen LogP contribution < -0.4 is 15.4 Å². The molecule has 4 aliphatic rings. The van der Waals surface area contributed by atoms with Gasteiger partial charge in [-0.3, -0.25) is 28.8 Å². The van der Waals surface area contributed by atoms with Crippen molar-refractivity contribution in [1.29, 1.82) is 0 Å². The molecule has 1 aromatic rings. The van der Waals surface area contributed by atoms with E-state index in [1.165, 1.54) is 23.1 Å². The number of ketones is 1. The molecule has 5 rings (SSSR count). The van der Waals surface area contributed by atoms with E-state index >= 15 is 0 Å². The monoisotopic (exact) mass is 761 g/mol. The van der Waals surface area contributed by atoms with E-state index in [0.29, 0.717) is 36.0 Å². The van der Waals surface area contributed by atoms with Crippen LogP contribution in [0.15, 0.2) is 29.8 Å². The van der Waals surface area contributed by atoms with Gasteiger partial charge in [0.1, 0.15) is 35.1 Å². The average Bonchev–Trinajstić information content (AvgIpc) is 3.93. The number of hydrogen-bond acceptors (Lipinski definition) is 10. The minimum Gasteiger partial charge on any atom is -0.444 e. The summed E-state index contributed by atoms with van der Waals surface area (Å²) in [7, 11) is -3.94. The quantitative estimate of drug-likeness (QED) is 0.266. The molecule has 5 atom stereocenters. The Hall–Kier alpha value is -4.54. The summed E-state index contributed by atoms with van der Waals surface area (Å²) in [5.41, 5.74) is -0.895. The fourth-order valence-electron chi connectivity index (χ4n) is 6.83. The summed E-state index contributed by atoms with van der Waals surface area (Å²) < 4.78 is 53.0. The number of nitrogens with one attached hydrogen (secondary N) is 3. The van der Waals surface area contributed by atoms with E-state index < -0.39 is 92.5 Å². The first-order chi connectivity index (χ1) is 24.7. The molecule has 1 unspecified atom stereocenters. The first-order valence-electron chi connectivity index (χ1n) is 17.8. The summed E-state index contributed by atoms with van der Waals surface area (Å²) in [6, 6.07) is 1.66. The zero-order valence-electron chi connectivity index (χ0n) is 30.8. The zero-order valence-corrected chi connectivity index (χ0v) is 31.6. The fraction of sp³-hybridized carbons (Fsp3) is 0.611. The molecule has 2 aliphatic carbocycles. The van der Waals surface area contributed by atoms with Gasteiger partial charge in [-0.15, -0.1) is 0 Å². The molecule has 1 saturated heterocycles. The summed E-state index contributed by atoms with van der Waals surface area (Å²) in [5.74, 6) is -3.87. The number of carbonyl (C=O) groups excluding carboxylic acids is 6. The van der Waals surface area contributed by atoms with Crippen molar-refractivity contribution in [2.24, 2.45) is 5.92 Å². The molecule has 0 spiro atoms. The number of amides is 5. The van der Waals surface area contributed by atoms with E-state index in [1.54, 1.807) is 47.6 Å². The molecule has 0 bridgehead atoms. The van der Waals surface area contributed by atoms with Crippen LogP contribution in [0.5, 0.6) is 0 Å². The number of sulfonamides is 1. The van der Waals surface area contributed by atoms with E-state index in [4.69, 9.17) is 9.47 Å². The van der Waals surface area contributed by atoms with E-state index in [1.807, 2.05) is 0 Å². The number of benzene rings is 1. The number of halogens is 1. The maximum Gasteiger partial charge on any atom is 0.410 e. The molecule has 0 aromatic heterocycles. The van der Waals surface area contributed by atoms with Crippen LogP contribution in [0.2, 0.25) is 0 Å². The Kier molecular flexibility index (Phi) is 11.3. The summed E-state index contributed by atoms with van der Waals surface area (Å²) >= 11 is 0. The number of rotatable bonds is 12. The van der Waals surface area contributed by atoms with E-state index in [9.17, 15) is 41.6 Å². The second-order valence-corrected chi connectivity index (χ2v) is 17.5. The minimum atomic E-state index is -3.94. The average molecular weight is 762 g/mol. The van der Waals surface area contributed by atoms with Crippen LogP contribution >= 0.6 is 0 Å². The highest BCUT2D eigenvalue weighted by Crippen LogP contribution is 2.47. The normalized spacial score (nSPS) is 24.0. The Morgan fingerprint density at radius 1 is 1.09 bits per heavy atom. The second kappa shape index (κ2) is 15.1. The van der Waals surface area contributed by atoms with Gasteiger partial charge in [0.2, 0.25) is 21.8 Å². The van der Waals surface area contributed by atoms with Crippen molar-refractivity contribution in [3.05, 3.63) is 46.8 Å². The first kappa shape index (κ1) is 39.7. The highest BCUT2D eigenvalue weighted by Gasteiger charge is 2.62. The third-order valence-electron chi connectivity index (χ3n) is 9.69. The Morgan fingerprint density at radius 3 is 2.38 bits per heavy atom. The Bertz CT molecular complexity index is 1820. The number of hydrogen-bond donors (Lipinski definition) is 3. The lowest BCUT2D eigenvalue weighted by Crippen LogP contribution is -2.58. The number of nitrogens with zero attached hydrogens (tertiary/aromatic N) is 2. The topological polar surface area (TPSA) is 198 Å². The summed E-state index contributed by atoms with van der Waals surface area (Å²) in [6.07, 6.45) is -0.817. The van der Waals surface area contributed by atoms with Gasteiger partial charge in [-0.2, -0.15) is 0 Å². The molecule has 0 radical (unpaired) electrons. The van der Waals surface area contributed by atoms with Crippen LogP contribution in [0.1, 0.15) is 91.2 Å². The van der Waals surface area contributed by atoms with Crippen LogP contribution in [0, 0.1) is 11.7 Å². The molecule has 1 aromatic carbocycles. The molecule has 2 saturated carbocycles. The highest BCUT2D eigenvalue weighted by atomic mass is 32.2. The molecule has 53 heavy (non-hydrogen) atoms. The Morgan fingerprint density at radius 2 is 1.79 bits per heavy atom. The van der Waals surface area contributed by atoms with Gasteiger partial charge in [-0.05, 0) is 77.5 Å². The summed E-state index contributed by atoms with van der Waals surface area (Å²) in [5, 5.41) is 4.48. The number of alkyl carbamates (subject to hydrolysis) is 1. The standard InChI is InChI=1S/C36H48FN5O10S/c1-7-22-16-36(22,32(46)40-53(49,50)25-11-12-25)39-30(44)29-15-24(51-34(48)41-17-21-9-8-10-27(37)26(21)19-41)18-42(29)31(45)28(14-23(43)13-20(2)3)38-33(47)52-35(4,5)6/h8-10,13,22,24-25,28-29H,7,11-12,14-19H2,1-6H3,(H,38,47)(H,39,44)(H,40,46)/t22?,24-,28+,29+,36-/m1/s1. The number of fused-ring (bicyclic) bond motifs is 1. The van der Waals surface area contributed by atoms with Gasteiger partial charge in [0.05, 0.1) is 18.3 Å². The first-order valence-corrected chi connectivity index (χ1v) is 19.3. The van der Waals surface area contributed by atoms with Crippen LogP contribution in [-0.4, -0.2) is 95.0 Å². The third kappa shape index (κ3) is 9.34. The van der Waals surface area contributed by atoms with Gasteiger partial charge in [-0.1, -0.05) is 31.1 Å². The van der Waals surface area contributed by atoms with Crippen molar-refractivity contribution in [1.82, 2.24) is 25.2 Å². The SMILES string of the molecule is CCC1C[C@]1(NC(=O)[C@@H]1C[C@@H](OC(=O)N2Cc3cccc(F)c3C2)CN1C(=O)[C@H](CC(=O)C=C(C)C)NC(=O)OC(C)(C)C)C(=O)NS(=O)(=O)C1CC1. The fourth-order valence-corrected chi connectivity index (χ4v) is 8.19. The highest BCUT2D eigenvalue weighted by molar-refractivity contribution is 7.91. The van der Waals surface area contributed by atoms with Crippen molar-refractivity contribution in [3.8, 4) is 0 Å². The maximum absolute atomic E-state index is 14.4. The molecule has 15 nitrogen and oxygen atoms in total. The van der Waals surface area contributed by atoms with Gasteiger partial charge in [0, 0.05) is 24.9 Å².